The molecular weight excluding hydrogens is 272 g/mol. The first-order valence-corrected chi connectivity index (χ1v) is 7.91. The van der Waals surface area contributed by atoms with Gasteiger partial charge in [0.1, 0.15) is 0 Å². The second kappa shape index (κ2) is 7.52. The predicted molar refractivity (Wildman–Crippen MR) is 87.3 cm³/mol. The summed E-state index contributed by atoms with van der Waals surface area (Å²) in [6.07, 6.45) is 1.92. The molecule has 0 radical (unpaired) electrons. The van der Waals surface area contributed by atoms with E-state index in [1.807, 2.05) is 13.8 Å². The van der Waals surface area contributed by atoms with E-state index >= 15 is 0 Å². The summed E-state index contributed by atoms with van der Waals surface area (Å²) in [4.78, 5) is 16.5. The molecule has 2 amide bonds. The van der Waals surface area contributed by atoms with Gasteiger partial charge in [-0.05, 0) is 47.7 Å². The molecule has 1 heterocycles. The van der Waals surface area contributed by atoms with Crippen LogP contribution in [0.1, 0.15) is 33.6 Å². The Kier molecular flexibility index (Phi) is 6.61. The molecule has 2 N–H and O–H groups in total. The molecule has 1 saturated heterocycles. The van der Waals surface area contributed by atoms with Crippen molar-refractivity contribution in [1.82, 2.24) is 20.4 Å². The number of carbonyl (C=O) groups excluding carboxylic acids is 1. The van der Waals surface area contributed by atoms with Gasteiger partial charge in [-0.15, -0.1) is 0 Å². The lowest BCUT2D eigenvalue weighted by Gasteiger charge is -2.44. The lowest BCUT2D eigenvalue weighted by molar-refractivity contribution is 0.111. The minimum Gasteiger partial charge on any atom is -0.336 e. The molecule has 1 atom stereocenters. The molecule has 5 nitrogen and oxygen atoms in total. The molecule has 1 rings (SSSR count). The lowest BCUT2D eigenvalue weighted by Crippen LogP contribution is -2.62. The summed E-state index contributed by atoms with van der Waals surface area (Å²) in [6.45, 7) is 8.86. The first-order chi connectivity index (χ1) is 9.24. The van der Waals surface area contributed by atoms with Crippen molar-refractivity contribution in [2.45, 2.75) is 50.6 Å². The minimum absolute atomic E-state index is 0.0609. The number of piperidine rings is 1. The SMILES string of the molecule is CC(C)NC(=O)NC1(CN(C)C)CCN(C(C)S)CC1. The summed E-state index contributed by atoms with van der Waals surface area (Å²) in [5.74, 6) is 0. The van der Waals surface area contributed by atoms with E-state index in [0.717, 1.165) is 32.5 Å². The zero-order valence-electron chi connectivity index (χ0n) is 13.4. The minimum atomic E-state index is -0.137. The van der Waals surface area contributed by atoms with Crippen molar-refractivity contribution in [2.24, 2.45) is 0 Å². The van der Waals surface area contributed by atoms with E-state index in [9.17, 15) is 4.79 Å². The number of rotatable bonds is 5. The normalized spacial score (nSPS) is 21.0. The Bertz CT molecular complexity index is 312. The van der Waals surface area contributed by atoms with Crippen LogP contribution in [0.15, 0.2) is 0 Å². The van der Waals surface area contributed by atoms with Crippen molar-refractivity contribution in [3.8, 4) is 0 Å². The number of likely N-dealkylation sites (tertiary alicyclic amines) is 1. The number of hydrogen-bond acceptors (Lipinski definition) is 4. The van der Waals surface area contributed by atoms with E-state index < -0.39 is 0 Å². The first-order valence-electron chi connectivity index (χ1n) is 7.40. The van der Waals surface area contributed by atoms with Crippen LogP contribution in [0.25, 0.3) is 0 Å². The standard InChI is InChI=1S/C14H30N4OS/c1-11(2)15-13(19)16-14(10-17(4)5)6-8-18(9-7-14)12(3)20/h11-12,20H,6-10H2,1-5H3,(H2,15,16,19). The fourth-order valence-electron chi connectivity index (χ4n) is 2.79. The van der Waals surface area contributed by atoms with Crippen molar-refractivity contribution in [2.75, 3.05) is 33.7 Å². The van der Waals surface area contributed by atoms with E-state index in [4.69, 9.17) is 0 Å². The lowest BCUT2D eigenvalue weighted by atomic mass is 9.87. The largest absolute Gasteiger partial charge is 0.336 e. The maximum atomic E-state index is 12.1. The summed E-state index contributed by atoms with van der Waals surface area (Å²) < 4.78 is 0. The Morgan fingerprint density at radius 2 is 1.85 bits per heavy atom. The number of thiol groups is 1. The van der Waals surface area contributed by atoms with Crippen molar-refractivity contribution < 1.29 is 4.79 Å². The van der Waals surface area contributed by atoms with Crippen LogP contribution in [0.5, 0.6) is 0 Å². The Morgan fingerprint density at radius 1 is 1.30 bits per heavy atom. The Balaban J connectivity index is 2.67. The average molecular weight is 302 g/mol. The van der Waals surface area contributed by atoms with Crippen molar-refractivity contribution in [1.29, 1.82) is 0 Å². The summed E-state index contributed by atoms with van der Waals surface area (Å²) >= 11 is 4.50. The van der Waals surface area contributed by atoms with Crippen LogP contribution in [0.4, 0.5) is 4.79 Å². The number of nitrogens with one attached hydrogen (secondary N) is 2. The Hall–Kier alpha value is -0.460. The van der Waals surface area contributed by atoms with Crippen molar-refractivity contribution in [3.63, 3.8) is 0 Å². The van der Waals surface area contributed by atoms with Gasteiger partial charge in [0.05, 0.1) is 5.54 Å². The molecule has 0 aromatic heterocycles. The highest BCUT2D eigenvalue weighted by molar-refractivity contribution is 7.80. The van der Waals surface area contributed by atoms with E-state index in [0.29, 0.717) is 0 Å². The van der Waals surface area contributed by atoms with Crippen LogP contribution < -0.4 is 10.6 Å². The monoisotopic (exact) mass is 302 g/mol. The van der Waals surface area contributed by atoms with Gasteiger partial charge in [-0.1, -0.05) is 0 Å². The van der Waals surface area contributed by atoms with Gasteiger partial charge in [0.2, 0.25) is 0 Å². The first kappa shape index (κ1) is 17.6. The fourth-order valence-corrected chi connectivity index (χ4v) is 3.02. The molecule has 1 fully saturated rings. The average Bonchev–Trinajstić information content (AvgIpc) is 2.26. The molecule has 20 heavy (non-hydrogen) atoms. The third kappa shape index (κ3) is 5.50. The third-order valence-corrected chi connectivity index (χ3v) is 4.03. The highest BCUT2D eigenvalue weighted by Crippen LogP contribution is 2.25. The van der Waals surface area contributed by atoms with Gasteiger partial charge in [0.15, 0.2) is 0 Å². The van der Waals surface area contributed by atoms with Gasteiger partial charge in [-0.2, -0.15) is 12.6 Å². The number of amides is 2. The Morgan fingerprint density at radius 3 is 2.25 bits per heavy atom. The molecule has 0 aromatic carbocycles. The number of hydrogen-bond donors (Lipinski definition) is 3. The third-order valence-electron chi connectivity index (χ3n) is 3.70. The van der Waals surface area contributed by atoms with Crippen molar-refractivity contribution in [3.05, 3.63) is 0 Å². The quantitative estimate of drug-likeness (QED) is 0.672. The highest BCUT2D eigenvalue weighted by atomic mass is 32.1. The van der Waals surface area contributed by atoms with Gasteiger partial charge in [0.25, 0.3) is 0 Å². The summed E-state index contributed by atoms with van der Waals surface area (Å²) in [6, 6.07) is 0.0955. The second-order valence-electron chi connectivity index (χ2n) is 6.44. The van der Waals surface area contributed by atoms with Crippen LogP contribution in [0.2, 0.25) is 0 Å². The second-order valence-corrected chi connectivity index (χ2v) is 7.19. The van der Waals surface area contributed by atoms with Gasteiger partial charge in [-0.25, -0.2) is 4.79 Å². The molecule has 6 heteroatoms. The summed E-state index contributed by atoms with van der Waals surface area (Å²) in [5, 5.41) is 6.41. The number of carbonyl (C=O) groups is 1. The van der Waals surface area contributed by atoms with E-state index in [1.165, 1.54) is 0 Å². The molecule has 118 valence electrons. The van der Waals surface area contributed by atoms with Crippen LogP contribution in [-0.4, -0.2) is 66.5 Å². The van der Waals surface area contributed by atoms with Gasteiger partial charge in [-0.3, -0.25) is 4.90 Å². The summed E-state index contributed by atoms with van der Waals surface area (Å²) in [5.41, 5.74) is -0.137. The molecular formula is C14H30N4OS. The maximum Gasteiger partial charge on any atom is 0.315 e. The zero-order valence-corrected chi connectivity index (χ0v) is 14.3. The van der Waals surface area contributed by atoms with Gasteiger partial charge in [0, 0.05) is 31.0 Å². The van der Waals surface area contributed by atoms with Crippen molar-refractivity contribution >= 4 is 18.7 Å². The van der Waals surface area contributed by atoms with E-state index in [1.54, 1.807) is 0 Å². The molecule has 1 aliphatic rings. The highest BCUT2D eigenvalue weighted by Gasteiger charge is 2.37. The van der Waals surface area contributed by atoms with Crippen LogP contribution in [0.3, 0.4) is 0 Å². The number of nitrogens with zero attached hydrogens (tertiary/aromatic N) is 2. The van der Waals surface area contributed by atoms with Crippen LogP contribution in [0, 0.1) is 0 Å². The van der Waals surface area contributed by atoms with Crippen LogP contribution in [-0.2, 0) is 0 Å². The fraction of sp³-hybridized carbons (Fsp3) is 0.929. The Labute approximate surface area is 128 Å². The van der Waals surface area contributed by atoms with Gasteiger partial charge >= 0.3 is 6.03 Å². The molecule has 0 bridgehead atoms. The van der Waals surface area contributed by atoms with Gasteiger partial charge < -0.3 is 15.5 Å². The number of urea groups is 1. The molecule has 0 aromatic rings. The molecule has 0 aliphatic carbocycles. The van der Waals surface area contributed by atoms with Crippen LogP contribution >= 0.6 is 12.6 Å². The molecule has 0 saturated carbocycles. The maximum absolute atomic E-state index is 12.1. The summed E-state index contributed by atoms with van der Waals surface area (Å²) in [7, 11) is 4.11. The van der Waals surface area contributed by atoms with E-state index in [2.05, 4.69) is 54.1 Å². The number of likely N-dealkylation sites (N-methyl/N-ethyl adjacent to an activating group) is 1. The molecule has 1 aliphatic heterocycles. The topological polar surface area (TPSA) is 47.6 Å². The molecule has 0 spiro atoms. The molecule has 1 unspecified atom stereocenters. The van der Waals surface area contributed by atoms with E-state index in [-0.39, 0.29) is 23.0 Å². The predicted octanol–water partition coefficient (Wildman–Crippen LogP) is 1.37. The smallest absolute Gasteiger partial charge is 0.315 e. The zero-order chi connectivity index (χ0) is 15.3.